The van der Waals surface area contributed by atoms with Gasteiger partial charge in [0.2, 0.25) is 0 Å². The summed E-state index contributed by atoms with van der Waals surface area (Å²) in [7, 11) is 0. The SMILES string of the molecule is CCNC(=NCc1ccccc1Cn1cccn1)NC1CC1c1ccccc1.I. The van der Waals surface area contributed by atoms with Gasteiger partial charge < -0.3 is 10.6 Å². The van der Waals surface area contributed by atoms with Crippen molar-refractivity contribution in [2.24, 2.45) is 4.99 Å². The molecule has 4 rings (SSSR count). The molecule has 0 saturated heterocycles. The first-order chi connectivity index (χ1) is 13.8. The van der Waals surface area contributed by atoms with Gasteiger partial charge in [0.05, 0.1) is 13.1 Å². The number of hydrogen-bond donors (Lipinski definition) is 2. The van der Waals surface area contributed by atoms with Crippen molar-refractivity contribution < 1.29 is 0 Å². The van der Waals surface area contributed by atoms with Crippen molar-refractivity contribution in [2.45, 2.75) is 38.4 Å². The second-order valence-corrected chi connectivity index (χ2v) is 7.17. The summed E-state index contributed by atoms with van der Waals surface area (Å²) in [6.07, 6.45) is 4.96. The number of nitrogens with one attached hydrogen (secondary N) is 2. The standard InChI is InChI=1S/C23H27N5.HI/c1-2-24-23(27-22-15-21(22)18-9-4-3-5-10-18)25-16-19-11-6-7-12-20(19)17-28-14-8-13-26-28;/h3-14,21-22H,2,15-17H2,1H3,(H2,24,25,27);1H. The molecule has 6 heteroatoms. The molecule has 152 valence electrons. The van der Waals surface area contributed by atoms with E-state index >= 15 is 0 Å². The van der Waals surface area contributed by atoms with Crippen LogP contribution < -0.4 is 10.6 Å². The molecule has 29 heavy (non-hydrogen) atoms. The van der Waals surface area contributed by atoms with E-state index in [-0.39, 0.29) is 24.0 Å². The minimum absolute atomic E-state index is 0. The summed E-state index contributed by atoms with van der Waals surface area (Å²) in [6.45, 7) is 4.37. The van der Waals surface area contributed by atoms with E-state index in [1.807, 2.05) is 23.1 Å². The molecule has 1 fully saturated rings. The van der Waals surface area contributed by atoms with Crippen LogP contribution in [0.2, 0.25) is 0 Å². The normalized spacial score (nSPS) is 18.0. The Hall–Kier alpha value is -2.35. The van der Waals surface area contributed by atoms with Crippen molar-refractivity contribution in [1.82, 2.24) is 20.4 Å². The van der Waals surface area contributed by atoms with E-state index in [1.54, 1.807) is 0 Å². The van der Waals surface area contributed by atoms with Crippen LogP contribution in [0.15, 0.2) is 78.0 Å². The number of hydrogen-bond acceptors (Lipinski definition) is 2. The van der Waals surface area contributed by atoms with Crippen molar-refractivity contribution in [3.8, 4) is 0 Å². The van der Waals surface area contributed by atoms with Gasteiger partial charge in [0.15, 0.2) is 5.96 Å². The fraction of sp³-hybridized carbons (Fsp3) is 0.304. The molecule has 2 unspecified atom stereocenters. The summed E-state index contributed by atoms with van der Waals surface area (Å²) < 4.78 is 1.95. The molecule has 2 atom stereocenters. The molecule has 3 aromatic rings. The number of rotatable bonds is 7. The number of guanidine groups is 1. The average molecular weight is 501 g/mol. The molecular weight excluding hydrogens is 473 g/mol. The zero-order valence-corrected chi connectivity index (χ0v) is 19.0. The van der Waals surface area contributed by atoms with Crippen LogP contribution >= 0.6 is 24.0 Å². The number of halogens is 1. The summed E-state index contributed by atoms with van der Waals surface area (Å²) in [5.74, 6) is 1.47. The van der Waals surface area contributed by atoms with Crippen molar-refractivity contribution in [3.63, 3.8) is 0 Å². The van der Waals surface area contributed by atoms with Gasteiger partial charge in [-0.1, -0.05) is 54.6 Å². The lowest BCUT2D eigenvalue weighted by Gasteiger charge is -2.13. The number of aliphatic imine (C=N–C) groups is 1. The molecule has 0 bridgehead atoms. The highest BCUT2D eigenvalue weighted by Crippen LogP contribution is 2.40. The van der Waals surface area contributed by atoms with Crippen molar-refractivity contribution in [1.29, 1.82) is 0 Å². The van der Waals surface area contributed by atoms with E-state index in [9.17, 15) is 0 Å². The van der Waals surface area contributed by atoms with E-state index in [0.717, 1.165) is 25.5 Å². The Morgan fingerprint density at radius 1 is 1.07 bits per heavy atom. The molecule has 1 saturated carbocycles. The lowest BCUT2D eigenvalue weighted by Crippen LogP contribution is -2.39. The Morgan fingerprint density at radius 2 is 1.83 bits per heavy atom. The number of benzene rings is 2. The highest BCUT2D eigenvalue weighted by molar-refractivity contribution is 14.0. The second-order valence-electron chi connectivity index (χ2n) is 7.17. The molecule has 2 N–H and O–H groups in total. The summed E-state index contributed by atoms with van der Waals surface area (Å²) in [5, 5.41) is 11.3. The summed E-state index contributed by atoms with van der Waals surface area (Å²) >= 11 is 0. The second kappa shape index (κ2) is 10.4. The molecule has 1 aromatic heterocycles. The van der Waals surface area contributed by atoms with Crippen LogP contribution in [-0.4, -0.2) is 28.3 Å². The van der Waals surface area contributed by atoms with Gasteiger partial charge in [0.25, 0.3) is 0 Å². The van der Waals surface area contributed by atoms with Crippen molar-refractivity contribution in [2.75, 3.05) is 6.54 Å². The van der Waals surface area contributed by atoms with E-state index < -0.39 is 0 Å². The minimum Gasteiger partial charge on any atom is -0.357 e. The van der Waals surface area contributed by atoms with Gasteiger partial charge in [0, 0.05) is 30.9 Å². The lowest BCUT2D eigenvalue weighted by molar-refractivity contribution is 0.680. The van der Waals surface area contributed by atoms with E-state index in [2.05, 4.69) is 77.3 Å². The maximum Gasteiger partial charge on any atom is 0.191 e. The highest BCUT2D eigenvalue weighted by atomic mass is 127. The van der Waals surface area contributed by atoms with Gasteiger partial charge in [-0.3, -0.25) is 4.68 Å². The Bertz CT molecular complexity index is 908. The maximum atomic E-state index is 4.85. The largest absolute Gasteiger partial charge is 0.357 e. The number of nitrogens with zero attached hydrogens (tertiary/aromatic N) is 3. The maximum absolute atomic E-state index is 4.85. The van der Waals surface area contributed by atoms with Gasteiger partial charge in [-0.25, -0.2) is 4.99 Å². The monoisotopic (exact) mass is 501 g/mol. The molecular formula is C23H28IN5. The van der Waals surface area contributed by atoms with Crippen LogP contribution in [0.3, 0.4) is 0 Å². The highest BCUT2D eigenvalue weighted by Gasteiger charge is 2.38. The fourth-order valence-electron chi connectivity index (χ4n) is 3.52. The Morgan fingerprint density at radius 3 is 2.55 bits per heavy atom. The van der Waals surface area contributed by atoms with Gasteiger partial charge in [-0.2, -0.15) is 5.10 Å². The average Bonchev–Trinajstić information content (AvgIpc) is 3.30. The molecule has 0 spiro atoms. The van der Waals surface area contributed by atoms with Crippen LogP contribution in [0.5, 0.6) is 0 Å². The first-order valence-electron chi connectivity index (χ1n) is 9.97. The van der Waals surface area contributed by atoms with Gasteiger partial charge in [-0.05, 0) is 36.1 Å². The molecule has 2 aromatic carbocycles. The van der Waals surface area contributed by atoms with E-state index in [4.69, 9.17) is 4.99 Å². The third-order valence-electron chi connectivity index (χ3n) is 5.10. The third-order valence-corrected chi connectivity index (χ3v) is 5.10. The van der Waals surface area contributed by atoms with Crippen molar-refractivity contribution in [3.05, 3.63) is 89.7 Å². The number of aromatic nitrogens is 2. The Balaban J connectivity index is 0.00000240. The summed E-state index contributed by atoms with van der Waals surface area (Å²) in [4.78, 5) is 4.85. The third kappa shape index (κ3) is 5.82. The predicted molar refractivity (Wildman–Crippen MR) is 129 cm³/mol. The summed E-state index contributed by atoms with van der Waals surface area (Å²) in [5.41, 5.74) is 3.88. The van der Waals surface area contributed by atoms with Gasteiger partial charge >= 0.3 is 0 Å². The van der Waals surface area contributed by atoms with Gasteiger partial charge in [-0.15, -0.1) is 24.0 Å². The van der Waals surface area contributed by atoms with Gasteiger partial charge in [0.1, 0.15) is 0 Å². The lowest BCUT2D eigenvalue weighted by atomic mass is 10.1. The van der Waals surface area contributed by atoms with E-state index in [1.165, 1.54) is 16.7 Å². The molecule has 0 radical (unpaired) electrons. The van der Waals surface area contributed by atoms with Crippen LogP contribution in [0.4, 0.5) is 0 Å². The molecule has 1 aliphatic rings. The first-order valence-corrected chi connectivity index (χ1v) is 9.97. The molecule has 1 aliphatic carbocycles. The van der Waals surface area contributed by atoms with Crippen LogP contribution in [0.1, 0.15) is 36.0 Å². The topological polar surface area (TPSA) is 54.2 Å². The Labute approximate surface area is 189 Å². The summed E-state index contributed by atoms with van der Waals surface area (Å²) in [6, 6.07) is 21.6. The first kappa shape index (κ1) is 21.4. The molecule has 1 heterocycles. The molecule has 0 amide bonds. The fourth-order valence-corrected chi connectivity index (χ4v) is 3.52. The van der Waals surface area contributed by atoms with Crippen LogP contribution in [0, 0.1) is 0 Å². The van der Waals surface area contributed by atoms with Crippen LogP contribution in [-0.2, 0) is 13.1 Å². The Kier molecular flexibility index (Phi) is 7.69. The molecule has 0 aliphatic heterocycles. The zero-order valence-electron chi connectivity index (χ0n) is 16.7. The van der Waals surface area contributed by atoms with Crippen LogP contribution in [0.25, 0.3) is 0 Å². The zero-order chi connectivity index (χ0) is 19.2. The predicted octanol–water partition coefficient (Wildman–Crippen LogP) is 4.16. The quantitative estimate of drug-likeness (QED) is 0.291. The van der Waals surface area contributed by atoms with Crippen molar-refractivity contribution >= 4 is 29.9 Å². The minimum atomic E-state index is 0. The van der Waals surface area contributed by atoms with E-state index in [0.29, 0.717) is 18.5 Å². The molecule has 5 nitrogen and oxygen atoms in total. The smallest absolute Gasteiger partial charge is 0.191 e.